The van der Waals surface area contributed by atoms with Crippen LogP contribution in [-0.2, 0) is 22.7 Å². The van der Waals surface area contributed by atoms with Crippen molar-refractivity contribution in [2.75, 3.05) is 0 Å². The smallest absolute Gasteiger partial charge is 0.312 e. The number of aryl methyl sites for hydroxylation is 1. The highest BCUT2D eigenvalue weighted by Gasteiger charge is 2.61. The molecule has 4 saturated carbocycles. The van der Waals surface area contributed by atoms with Crippen LogP contribution in [0.2, 0.25) is 0 Å². The van der Waals surface area contributed by atoms with E-state index in [1.807, 2.05) is 36.5 Å². The highest BCUT2D eigenvalue weighted by atomic mass is 16.5. The second kappa shape index (κ2) is 6.22. The van der Waals surface area contributed by atoms with E-state index in [2.05, 4.69) is 22.8 Å². The first-order valence-corrected chi connectivity index (χ1v) is 10.3. The van der Waals surface area contributed by atoms with Gasteiger partial charge in [-0.2, -0.15) is 5.10 Å². The highest BCUT2D eigenvalue weighted by molar-refractivity contribution is 5.77. The fourth-order valence-electron chi connectivity index (χ4n) is 6.63. The van der Waals surface area contributed by atoms with Crippen molar-refractivity contribution in [3.8, 4) is 0 Å². The van der Waals surface area contributed by atoms with Gasteiger partial charge in [0.25, 0.3) is 0 Å². The van der Waals surface area contributed by atoms with Crippen LogP contribution in [0.3, 0.4) is 0 Å². The van der Waals surface area contributed by atoms with Gasteiger partial charge in [0.1, 0.15) is 6.61 Å². The van der Waals surface area contributed by atoms with E-state index in [1.54, 1.807) is 0 Å². The molecule has 0 N–H and O–H groups in total. The minimum atomic E-state index is -0.264. The van der Waals surface area contributed by atoms with Crippen LogP contribution in [0.5, 0.6) is 0 Å². The van der Waals surface area contributed by atoms with E-state index in [4.69, 9.17) is 4.74 Å². The average Bonchev–Trinajstić information content (AvgIpc) is 3.03. The molecule has 0 aliphatic heterocycles. The SMILES string of the molecule is Cc1ccnn1CC12CC3CC(C1)CC(C(=O)OCc1ccccc1)(C3)C2. The molecule has 0 saturated heterocycles. The molecule has 27 heavy (non-hydrogen) atoms. The molecule has 4 bridgehead atoms. The lowest BCUT2D eigenvalue weighted by Crippen LogP contribution is -2.56. The van der Waals surface area contributed by atoms with E-state index in [0.29, 0.717) is 18.4 Å². The average molecular weight is 364 g/mol. The Labute approximate surface area is 160 Å². The third-order valence-corrected chi connectivity index (χ3v) is 7.24. The van der Waals surface area contributed by atoms with Crippen molar-refractivity contribution in [3.63, 3.8) is 0 Å². The van der Waals surface area contributed by atoms with Gasteiger partial charge in [-0.3, -0.25) is 9.48 Å². The lowest BCUT2D eigenvalue weighted by molar-refractivity contribution is -0.184. The Morgan fingerprint density at radius 2 is 1.89 bits per heavy atom. The second-order valence-corrected chi connectivity index (χ2v) is 9.43. The fourth-order valence-corrected chi connectivity index (χ4v) is 6.63. The van der Waals surface area contributed by atoms with Crippen LogP contribution < -0.4 is 0 Å². The molecule has 4 fully saturated rings. The number of aromatic nitrogens is 2. The molecule has 2 atom stereocenters. The second-order valence-electron chi connectivity index (χ2n) is 9.43. The van der Waals surface area contributed by atoms with Crippen molar-refractivity contribution in [2.24, 2.45) is 22.7 Å². The minimum absolute atomic E-state index is 0.0435. The van der Waals surface area contributed by atoms with Crippen molar-refractivity contribution in [1.82, 2.24) is 9.78 Å². The Morgan fingerprint density at radius 3 is 2.56 bits per heavy atom. The van der Waals surface area contributed by atoms with E-state index in [1.165, 1.54) is 25.0 Å². The first kappa shape index (κ1) is 17.0. The van der Waals surface area contributed by atoms with Gasteiger partial charge in [-0.05, 0) is 74.3 Å². The van der Waals surface area contributed by atoms with E-state index in [-0.39, 0.29) is 16.8 Å². The number of hydrogen-bond donors (Lipinski definition) is 0. The van der Waals surface area contributed by atoms with Crippen molar-refractivity contribution in [1.29, 1.82) is 0 Å². The van der Waals surface area contributed by atoms with Gasteiger partial charge in [0.05, 0.1) is 5.41 Å². The third kappa shape index (κ3) is 2.99. The molecule has 142 valence electrons. The Kier molecular flexibility index (Phi) is 3.92. The summed E-state index contributed by atoms with van der Waals surface area (Å²) in [5.74, 6) is 1.39. The molecule has 0 spiro atoms. The summed E-state index contributed by atoms with van der Waals surface area (Å²) >= 11 is 0. The van der Waals surface area contributed by atoms with E-state index >= 15 is 0 Å². The maximum atomic E-state index is 13.2. The lowest BCUT2D eigenvalue weighted by atomic mass is 9.44. The van der Waals surface area contributed by atoms with Crippen LogP contribution in [0.15, 0.2) is 42.6 Å². The molecule has 4 aliphatic carbocycles. The van der Waals surface area contributed by atoms with Crippen LogP contribution in [0, 0.1) is 29.6 Å². The van der Waals surface area contributed by atoms with Gasteiger partial charge in [0, 0.05) is 18.4 Å². The van der Waals surface area contributed by atoms with Crippen LogP contribution in [0.25, 0.3) is 0 Å². The Hall–Kier alpha value is -2.10. The molecular weight excluding hydrogens is 336 g/mol. The first-order valence-electron chi connectivity index (χ1n) is 10.3. The quantitative estimate of drug-likeness (QED) is 0.733. The largest absolute Gasteiger partial charge is 0.460 e. The number of carbonyl (C=O) groups is 1. The first-order chi connectivity index (χ1) is 13.1. The predicted molar refractivity (Wildman–Crippen MR) is 103 cm³/mol. The van der Waals surface area contributed by atoms with Crippen LogP contribution in [0.1, 0.15) is 49.8 Å². The molecule has 4 aliphatic rings. The zero-order chi connectivity index (χ0) is 18.5. The predicted octanol–water partition coefficient (Wildman–Crippen LogP) is 4.52. The van der Waals surface area contributed by atoms with Crippen LogP contribution >= 0.6 is 0 Å². The maximum Gasteiger partial charge on any atom is 0.312 e. The monoisotopic (exact) mass is 364 g/mol. The highest BCUT2D eigenvalue weighted by Crippen LogP contribution is 2.66. The van der Waals surface area contributed by atoms with Gasteiger partial charge >= 0.3 is 5.97 Å². The molecule has 2 aromatic rings. The van der Waals surface area contributed by atoms with Crippen molar-refractivity contribution in [2.45, 2.75) is 58.6 Å². The van der Waals surface area contributed by atoms with Crippen molar-refractivity contribution >= 4 is 5.97 Å². The Morgan fingerprint density at radius 1 is 1.15 bits per heavy atom. The lowest BCUT2D eigenvalue weighted by Gasteiger charge is -2.60. The molecule has 0 radical (unpaired) electrons. The van der Waals surface area contributed by atoms with Gasteiger partial charge in [-0.15, -0.1) is 0 Å². The summed E-state index contributed by atoms with van der Waals surface area (Å²) < 4.78 is 8.00. The molecule has 2 unspecified atom stereocenters. The third-order valence-electron chi connectivity index (χ3n) is 7.24. The maximum absolute atomic E-state index is 13.2. The van der Waals surface area contributed by atoms with Gasteiger partial charge < -0.3 is 4.74 Å². The fraction of sp³-hybridized carbons (Fsp3) is 0.565. The topological polar surface area (TPSA) is 44.1 Å². The van der Waals surface area contributed by atoms with E-state index in [0.717, 1.165) is 31.4 Å². The summed E-state index contributed by atoms with van der Waals surface area (Å²) in [7, 11) is 0. The molecule has 0 amide bonds. The van der Waals surface area contributed by atoms with Gasteiger partial charge in [0.15, 0.2) is 0 Å². The number of rotatable bonds is 5. The van der Waals surface area contributed by atoms with Crippen molar-refractivity contribution < 1.29 is 9.53 Å². The Bertz CT molecular complexity index is 827. The number of carbonyl (C=O) groups excluding carboxylic acids is 1. The molecule has 1 aromatic carbocycles. The van der Waals surface area contributed by atoms with Gasteiger partial charge in [0.2, 0.25) is 0 Å². The summed E-state index contributed by atoms with van der Waals surface area (Å²) in [6.45, 7) is 3.46. The summed E-state index contributed by atoms with van der Waals surface area (Å²) in [4.78, 5) is 13.2. The molecule has 4 nitrogen and oxygen atoms in total. The number of benzene rings is 1. The summed E-state index contributed by atoms with van der Waals surface area (Å²) in [6, 6.07) is 12.1. The summed E-state index contributed by atoms with van der Waals surface area (Å²) in [5, 5.41) is 4.54. The van der Waals surface area contributed by atoms with Crippen LogP contribution in [-0.4, -0.2) is 15.7 Å². The van der Waals surface area contributed by atoms with Crippen LogP contribution in [0.4, 0.5) is 0 Å². The Balaban J connectivity index is 1.36. The molecule has 4 heteroatoms. The zero-order valence-corrected chi connectivity index (χ0v) is 16.1. The minimum Gasteiger partial charge on any atom is -0.460 e. The zero-order valence-electron chi connectivity index (χ0n) is 16.1. The molecule has 6 rings (SSSR count). The standard InChI is InChI=1S/C23H28N2O2/c1-17-7-8-24-25(17)16-22-10-19-9-20(11-22)13-23(12-19,15-22)21(26)27-14-18-5-3-2-4-6-18/h2-8,19-20H,9-16H2,1H3. The normalized spacial score (nSPS) is 34.0. The van der Waals surface area contributed by atoms with Gasteiger partial charge in [-0.25, -0.2) is 0 Å². The summed E-state index contributed by atoms with van der Waals surface area (Å²) in [5.41, 5.74) is 2.23. The number of hydrogen-bond acceptors (Lipinski definition) is 3. The van der Waals surface area contributed by atoms with E-state index in [9.17, 15) is 4.79 Å². The number of ether oxygens (including phenoxy) is 1. The molecular formula is C23H28N2O2. The molecule has 1 heterocycles. The van der Waals surface area contributed by atoms with Gasteiger partial charge in [-0.1, -0.05) is 30.3 Å². The van der Waals surface area contributed by atoms with E-state index < -0.39 is 0 Å². The number of esters is 1. The summed E-state index contributed by atoms with van der Waals surface area (Å²) in [6.07, 6.45) is 8.70. The number of nitrogens with zero attached hydrogens (tertiary/aromatic N) is 2. The van der Waals surface area contributed by atoms with Crippen molar-refractivity contribution in [3.05, 3.63) is 53.9 Å². The molecule has 1 aromatic heterocycles.